The number of hydrogen-bond donors (Lipinski definition) is 1. The first-order chi connectivity index (χ1) is 10.1. The van der Waals surface area contributed by atoms with Gasteiger partial charge < -0.3 is 15.2 Å². The number of benzene rings is 1. The SMILES string of the molecule is COc1cccc(COc2ccc(C)nc2CC(C)N)c1. The van der Waals surface area contributed by atoms with Crippen molar-refractivity contribution in [2.75, 3.05) is 7.11 Å². The molecule has 0 bridgehead atoms. The predicted octanol–water partition coefficient (Wildman–Crippen LogP) is 2.87. The first-order valence-corrected chi connectivity index (χ1v) is 7.06. The van der Waals surface area contributed by atoms with Gasteiger partial charge in [0.1, 0.15) is 18.1 Å². The van der Waals surface area contributed by atoms with Gasteiger partial charge in [0.2, 0.25) is 0 Å². The van der Waals surface area contributed by atoms with Gasteiger partial charge in [0, 0.05) is 18.2 Å². The van der Waals surface area contributed by atoms with Crippen LogP contribution in [0.5, 0.6) is 11.5 Å². The molecule has 2 N–H and O–H groups in total. The van der Waals surface area contributed by atoms with Crippen molar-refractivity contribution in [1.29, 1.82) is 0 Å². The number of nitrogens with zero attached hydrogens (tertiary/aromatic N) is 1. The minimum absolute atomic E-state index is 0.0541. The van der Waals surface area contributed by atoms with Gasteiger partial charge >= 0.3 is 0 Å². The Morgan fingerprint density at radius 3 is 2.76 bits per heavy atom. The second-order valence-corrected chi connectivity index (χ2v) is 5.22. The number of pyridine rings is 1. The second-order valence-electron chi connectivity index (χ2n) is 5.22. The summed E-state index contributed by atoms with van der Waals surface area (Å²) in [4.78, 5) is 4.53. The Kier molecular flexibility index (Phi) is 5.17. The first-order valence-electron chi connectivity index (χ1n) is 7.06. The molecule has 0 aliphatic carbocycles. The lowest BCUT2D eigenvalue weighted by molar-refractivity contribution is 0.299. The van der Waals surface area contributed by atoms with E-state index in [2.05, 4.69) is 4.98 Å². The third-order valence-electron chi connectivity index (χ3n) is 3.12. The summed E-state index contributed by atoms with van der Waals surface area (Å²) in [7, 11) is 1.66. The van der Waals surface area contributed by atoms with E-state index in [9.17, 15) is 0 Å². The molecular weight excluding hydrogens is 264 g/mol. The molecule has 4 nitrogen and oxygen atoms in total. The number of rotatable bonds is 6. The summed E-state index contributed by atoms with van der Waals surface area (Å²) >= 11 is 0. The number of hydrogen-bond acceptors (Lipinski definition) is 4. The van der Waals surface area contributed by atoms with Crippen LogP contribution in [0.15, 0.2) is 36.4 Å². The van der Waals surface area contributed by atoms with Crippen LogP contribution in [0.1, 0.15) is 23.9 Å². The molecule has 1 unspecified atom stereocenters. The van der Waals surface area contributed by atoms with Gasteiger partial charge in [-0.3, -0.25) is 4.98 Å². The Balaban J connectivity index is 2.11. The van der Waals surface area contributed by atoms with Crippen molar-refractivity contribution < 1.29 is 9.47 Å². The highest BCUT2D eigenvalue weighted by molar-refractivity contribution is 5.32. The van der Waals surface area contributed by atoms with Gasteiger partial charge in [-0.1, -0.05) is 12.1 Å². The molecule has 2 rings (SSSR count). The van der Waals surface area contributed by atoms with E-state index >= 15 is 0 Å². The Morgan fingerprint density at radius 2 is 2.05 bits per heavy atom. The van der Waals surface area contributed by atoms with E-state index < -0.39 is 0 Å². The molecule has 0 aliphatic heterocycles. The predicted molar refractivity (Wildman–Crippen MR) is 83.7 cm³/mol. The van der Waals surface area contributed by atoms with Crippen LogP contribution in [-0.2, 0) is 13.0 Å². The summed E-state index contributed by atoms with van der Waals surface area (Å²) in [5, 5.41) is 0. The van der Waals surface area contributed by atoms with Gasteiger partial charge in [0.15, 0.2) is 0 Å². The van der Waals surface area contributed by atoms with Gasteiger partial charge in [0.05, 0.1) is 12.8 Å². The van der Waals surface area contributed by atoms with Gasteiger partial charge in [-0.05, 0) is 43.7 Å². The molecule has 0 saturated heterocycles. The van der Waals surface area contributed by atoms with E-state index in [4.69, 9.17) is 15.2 Å². The molecule has 112 valence electrons. The molecule has 1 aromatic carbocycles. The van der Waals surface area contributed by atoms with Crippen LogP contribution in [0.4, 0.5) is 0 Å². The summed E-state index contributed by atoms with van der Waals surface area (Å²) in [5.74, 6) is 1.62. The minimum Gasteiger partial charge on any atom is -0.497 e. The van der Waals surface area contributed by atoms with E-state index in [-0.39, 0.29) is 6.04 Å². The highest BCUT2D eigenvalue weighted by Gasteiger charge is 2.09. The number of aromatic nitrogens is 1. The number of nitrogens with two attached hydrogens (primary N) is 1. The molecule has 0 spiro atoms. The summed E-state index contributed by atoms with van der Waals surface area (Å²) < 4.78 is 11.1. The van der Waals surface area contributed by atoms with Crippen LogP contribution in [0.3, 0.4) is 0 Å². The molecule has 0 fully saturated rings. The van der Waals surface area contributed by atoms with E-state index in [1.807, 2.05) is 50.2 Å². The zero-order valence-corrected chi connectivity index (χ0v) is 12.8. The van der Waals surface area contributed by atoms with Crippen molar-refractivity contribution in [1.82, 2.24) is 4.98 Å². The van der Waals surface area contributed by atoms with E-state index in [1.165, 1.54) is 0 Å². The largest absolute Gasteiger partial charge is 0.497 e. The molecule has 1 atom stereocenters. The van der Waals surface area contributed by atoms with Crippen molar-refractivity contribution in [3.8, 4) is 11.5 Å². The summed E-state index contributed by atoms with van der Waals surface area (Å²) in [6.07, 6.45) is 0.703. The molecule has 0 saturated carbocycles. The fraction of sp³-hybridized carbons (Fsp3) is 0.353. The zero-order chi connectivity index (χ0) is 15.2. The molecule has 1 aromatic heterocycles. The smallest absolute Gasteiger partial charge is 0.141 e. The second kappa shape index (κ2) is 7.09. The molecule has 2 aromatic rings. The monoisotopic (exact) mass is 286 g/mol. The molecule has 4 heteroatoms. The normalized spacial score (nSPS) is 12.0. The maximum absolute atomic E-state index is 5.90. The van der Waals surface area contributed by atoms with E-state index in [1.54, 1.807) is 7.11 Å². The lowest BCUT2D eigenvalue weighted by atomic mass is 10.1. The number of methoxy groups -OCH3 is 1. The molecule has 1 heterocycles. The number of ether oxygens (including phenoxy) is 2. The standard InChI is InChI=1S/C17H22N2O2/c1-12(18)9-16-17(8-7-13(2)19-16)21-11-14-5-4-6-15(10-14)20-3/h4-8,10,12H,9,11,18H2,1-3H3. The van der Waals surface area contributed by atoms with E-state index in [0.29, 0.717) is 13.0 Å². The van der Waals surface area contributed by atoms with Crippen LogP contribution in [0.2, 0.25) is 0 Å². The molecule has 0 amide bonds. The van der Waals surface area contributed by atoms with Crippen molar-refractivity contribution in [3.63, 3.8) is 0 Å². The van der Waals surface area contributed by atoms with Crippen molar-refractivity contribution in [3.05, 3.63) is 53.3 Å². The molecular formula is C17H22N2O2. The fourth-order valence-corrected chi connectivity index (χ4v) is 2.10. The van der Waals surface area contributed by atoms with Crippen molar-refractivity contribution >= 4 is 0 Å². The third-order valence-corrected chi connectivity index (χ3v) is 3.12. The minimum atomic E-state index is 0.0541. The summed E-state index contributed by atoms with van der Waals surface area (Å²) in [6, 6.07) is 11.8. The summed E-state index contributed by atoms with van der Waals surface area (Å²) in [6.45, 7) is 4.42. The summed E-state index contributed by atoms with van der Waals surface area (Å²) in [5.41, 5.74) is 8.82. The highest BCUT2D eigenvalue weighted by atomic mass is 16.5. The first kappa shape index (κ1) is 15.3. The Hall–Kier alpha value is -2.07. The van der Waals surface area contributed by atoms with Crippen LogP contribution in [0, 0.1) is 6.92 Å². The quantitative estimate of drug-likeness (QED) is 0.887. The zero-order valence-electron chi connectivity index (χ0n) is 12.8. The van der Waals surface area contributed by atoms with Crippen molar-refractivity contribution in [2.45, 2.75) is 32.9 Å². The Morgan fingerprint density at radius 1 is 1.24 bits per heavy atom. The van der Waals surface area contributed by atoms with Crippen molar-refractivity contribution in [2.24, 2.45) is 5.73 Å². The fourth-order valence-electron chi connectivity index (χ4n) is 2.10. The maximum Gasteiger partial charge on any atom is 0.141 e. The topological polar surface area (TPSA) is 57.4 Å². The molecule has 21 heavy (non-hydrogen) atoms. The van der Waals surface area contributed by atoms with E-state index in [0.717, 1.165) is 28.5 Å². The molecule has 0 aliphatic rings. The lowest BCUT2D eigenvalue weighted by Gasteiger charge is -2.13. The highest BCUT2D eigenvalue weighted by Crippen LogP contribution is 2.21. The van der Waals surface area contributed by atoms with Crippen LogP contribution in [0.25, 0.3) is 0 Å². The van der Waals surface area contributed by atoms with Crippen LogP contribution in [-0.4, -0.2) is 18.1 Å². The van der Waals surface area contributed by atoms with Gasteiger partial charge in [0.25, 0.3) is 0 Å². The number of aryl methyl sites for hydroxylation is 1. The van der Waals surface area contributed by atoms with Crippen LogP contribution >= 0.6 is 0 Å². The Labute approximate surface area is 125 Å². The average molecular weight is 286 g/mol. The van der Waals surface area contributed by atoms with Crippen LogP contribution < -0.4 is 15.2 Å². The van der Waals surface area contributed by atoms with Gasteiger partial charge in [-0.25, -0.2) is 0 Å². The van der Waals surface area contributed by atoms with Gasteiger partial charge in [-0.15, -0.1) is 0 Å². The molecule has 0 radical (unpaired) electrons. The maximum atomic E-state index is 5.90. The Bertz CT molecular complexity index is 597. The van der Waals surface area contributed by atoms with Gasteiger partial charge in [-0.2, -0.15) is 0 Å². The third kappa shape index (κ3) is 4.46. The average Bonchev–Trinajstić information content (AvgIpc) is 2.46. The lowest BCUT2D eigenvalue weighted by Crippen LogP contribution is -2.19.